The monoisotopic (exact) mass is 294 g/mol. The van der Waals surface area contributed by atoms with Crippen LogP contribution in [0.3, 0.4) is 0 Å². The first kappa shape index (κ1) is 15.4. The summed E-state index contributed by atoms with van der Waals surface area (Å²) in [4.78, 5) is 25.0. The highest BCUT2D eigenvalue weighted by Gasteiger charge is 2.22. The normalized spacial score (nSPS) is 17.5. The third-order valence-corrected chi connectivity index (χ3v) is 3.36. The van der Waals surface area contributed by atoms with Crippen molar-refractivity contribution in [2.24, 2.45) is 0 Å². The molecule has 21 heavy (non-hydrogen) atoms. The molecule has 0 saturated carbocycles. The molecule has 6 heteroatoms. The van der Waals surface area contributed by atoms with Gasteiger partial charge in [0.1, 0.15) is 5.82 Å². The minimum Gasteiger partial charge on any atom is -0.376 e. The van der Waals surface area contributed by atoms with Gasteiger partial charge in [-0.05, 0) is 37.1 Å². The van der Waals surface area contributed by atoms with Gasteiger partial charge < -0.3 is 15.0 Å². The molecule has 1 atom stereocenters. The Hall–Kier alpha value is -1.95. The highest BCUT2D eigenvalue weighted by atomic mass is 19.1. The van der Waals surface area contributed by atoms with Crippen LogP contribution >= 0.6 is 0 Å². The average molecular weight is 294 g/mol. The summed E-state index contributed by atoms with van der Waals surface area (Å²) in [6.07, 6.45) is 1.90. The Labute approximate surface area is 123 Å². The number of hydrogen-bond donors (Lipinski definition) is 1. The summed E-state index contributed by atoms with van der Waals surface area (Å²) in [5.74, 6) is -0.841. The van der Waals surface area contributed by atoms with Crippen molar-refractivity contribution in [2.75, 3.05) is 25.0 Å². The lowest BCUT2D eigenvalue weighted by Gasteiger charge is -2.23. The number of rotatable bonds is 5. The van der Waals surface area contributed by atoms with Gasteiger partial charge in [0.25, 0.3) is 0 Å². The highest BCUT2D eigenvalue weighted by molar-refractivity contribution is 5.94. The minimum atomic E-state index is -0.364. The molecule has 0 spiro atoms. The molecule has 0 bridgehead atoms. The molecule has 1 saturated heterocycles. The van der Waals surface area contributed by atoms with Gasteiger partial charge >= 0.3 is 0 Å². The maximum absolute atomic E-state index is 12.8. The van der Waals surface area contributed by atoms with E-state index in [1.807, 2.05) is 0 Å². The standard InChI is InChI=1S/C15H19FN2O3/c1-11(19)18(9-14-3-2-8-21-14)10-15(20)17-13-6-4-12(16)5-7-13/h4-7,14H,2-3,8-10H2,1H3,(H,17,20). The molecule has 1 aliphatic heterocycles. The van der Waals surface area contributed by atoms with Gasteiger partial charge in [-0.15, -0.1) is 0 Å². The molecule has 1 unspecified atom stereocenters. The molecule has 1 fully saturated rings. The van der Waals surface area contributed by atoms with Crippen molar-refractivity contribution in [2.45, 2.75) is 25.9 Å². The van der Waals surface area contributed by atoms with Crippen molar-refractivity contribution in [3.05, 3.63) is 30.1 Å². The van der Waals surface area contributed by atoms with Crippen LogP contribution in [-0.2, 0) is 14.3 Å². The molecular weight excluding hydrogens is 275 g/mol. The van der Waals surface area contributed by atoms with Crippen molar-refractivity contribution in [1.82, 2.24) is 4.90 Å². The fourth-order valence-corrected chi connectivity index (χ4v) is 2.25. The number of ether oxygens (including phenoxy) is 1. The Morgan fingerprint density at radius 2 is 2.10 bits per heavy atom. The van der Waals surface area contributed by atoms with Gasteiger partial charge in [0.2, 0.25) is 11.8 Å². The van der Waals surface area contributed by atoms with Gasteiger partial charge in [-0.1, -0.05) is 0 Å². The van der Waals surface area contributed by atoms with E-state index in [0.717, 1.165) is 12.8 Å². The number of nitrogens with zero attached hydrogens (tertiary/aromatic N) is 1. The molecule has 0 aromatic heterocycles. The summed E-state index contributed by atoms with van der Waals surface area (Å²) in [5, 5.41) is 2.64. The number of anilines is 1. The highest BCUT2D eigenvalue weighted by Crippen LogP contribution is 2.14. The lowest BCUT2D eigenvalue weighted by molar-refractivity contribution is -0.134. The number of benzene rings is 1. The number of amides is 2. The number of carbonyl (C=O) groups is 2. The second kappa shape index (κ2) is 7.17. The molecule has 0 aliphatic carbocycles. The van der Waals surface area contributed by atoms with Gasteiger partial charge in [0, 0.05) is 25.8 Å². The maximum atomic E-state index is 12.8. The average Bonchev–Trinajstić information content (AvgIpc) is 2.93. The van der Waals surface area contributed by atoms with Crippen molar-refractivity contribution < 1.29 is 18.7 Å². The second-order valence-electron chi connectivity index (χ2n) is 5.09. The predicted molar refractivity (Wildman–Crippen MR) is 76.3 cm³/mol. The van der Waals surface area contributed by atoms with Crippen LogP contribution in [-0.4, -0.2) is 42.5 Å². The largest absolute Gasteiger partial charge is 0.376 e. The van der Waals surface area contributed by atoms with Gasteiger partial charge in [-0.25, -0.2) is 4.39 Å². The fraction of sp³-hybridized carbons (Fsp3) is 0.467. The summed E-state index contributed by atoms with van der Waals surface area (Å²) >= 11 is 0. The Bertz CT molecular complexity index is 498. The molecule has 1 aromatic carbocycles. The van der Waals surface area contributed by atoms with Gasteiger partial charge in [-0.2, -0.15) is 0 Å². The molecule has 1 aromatic rings. The third kappa shape index (κ3) is 4.82. The van der Waals surface area contributed by atoms with Gasteiger partial charge in [0.05, 0.1) is 12.6 Å². The lowest BCUT2D eigenvalue weighted by Crippen LogP contribution is -2.41. The zero-order valence-electron chi connectivity index (χ0n) is 12.0. The van der Waals surface area contributed by atoms with Crippen LogP contribution in [0.5, 0.6) is 0 Å². The minimum absolute atomic E-state index is 0.00696. The summed E-state index contributed by atoms with van der Waals surface area (Å²) in [7, 11) is 0. The van der Waals surface area contributed by atoms with E-state index in [0.29, 0.717) is 18.8 Å². The predicted octanol–water partition coefficient (Wildman–Crippen LogP) is 1.79. The Morgan fingerprint density at radius 1 is 1.38 bits per heavy atom. The smallest absolute Gasteiger partial charge is 0.243 e. The van der Waals surface area contributed by atoms with Crippen LogP contribution in [0, 0.1) is 5.82 Å². The quantitative estimate of drug-likeness (QED) is 0.900. The zero-order valence-corrected chi connectivity index (χ0v) is 12.0. The number of halogens is 1. The Balaban J connectivity index is 1.88. The molecule has 0 radical (unpaired) electrons. The number of carbonyl (C=O) groups excluding carboxylic acids is 2. The van der Waals surface area contributed by atoms with E-state index >= 15 is 0 Å². The van der Waals surface area contributed by atoms with E-state index < -0.39 is 0 Å². The van der Waals surface area contributed by atoms with Crippen LogP contribution in [0.25, 0.3) is 0 Å². The summed E-state index contributed by atoms with van der Waals surface area (Å²) in [6, 6.07) is 5.49. The molecule has 114 valence electrons. The fourth-order valence-electron chi connectivity index (χ4n) is 2.25. The molecule has 2 rings (SSSR count). The Kier molecular flexibility index (Phi) is 5.27. The first-order chi connectivity index (χ1) is 10.0. The van der Waals surface area contributed by atoms with Gasteiger partial charge in [-0.3, -0.25) is 9.59 Å². The molecule has 1 N–H and O–H groups in total. The molecule has 1 aliphatic rings. The van der Waals surface area contributed by atoms with Crippen molar-refractivity contribution in [3.63, 3.8) is 0 Å². The summed E-state index contributed by atoms with van der Waals surface area (Å²) < 4.78 is 18.3. The van der Waals surface area contributed by atoms with E-state index in [-0.39, 0.29) is 30.3 Å². The number of hydrogen-bond acceptors (Lipinski definition) is 3. The zero-order chi connectivity index (χ0) is 15.2. The lowest BCUT2D eigenvalue weighted by atomic mass is 10.2. The van der Waals surface area contributed by atoms with Crippen molar-refractivity contribution >= 4 is 17.5 Å². The van der Waals surface area contributed by atoms with Crippen LogP contribution in [0.1, 0.15) is 19.8 Å². The van der Waals surface area contributed by atoms with Crippen LogP contribution in [0.2, 0.25) is 0 Å². The summed E-state index contributed by atoms with van der Waals surface area (Å²) in [6.45, 7) is 2.52. The van der Waals surface area contributed by atoms with Gasteiger partial charge in [0.15, 0.2) is 0 Å². The second-order valence-corrected chi connectivity index (χ2v) is 5.09. The van der Waals surface area contributed by atoms with E-state index in [1.165, 1.54) is 36.1 Å². The maximum Gasteiger partial charge on any atom is 0.243 e. The van der Waals surface area contributed by atoms with Crippen molar-refractivity contribution in [1.29, 1.82) is 0 Å². The van der Waals surface area contributed by atoms with Crippen LogP contribution < -0.4 is 5.32 Å². The first-order valence-corrected chi connectivity index (χ1v) is 6.97. The van der Waals surface area contributed by atoms with E-state index in [2.05, 4.69) is 5.32 Å². The summed E-state index contributed by atoms with van der Waals surface area (Å²) in [5.41, 5.74) is 0.502. The molecule has 1 heterocycles. The van der Waals surface area contributed by atoms with Crippen molar-refractivity contribution in [3.8, 4) is 0 Å². The Morgan fingerprint density at radius 3 is 2.67 bits per heavy atom. The van der Waals surface area contributed by atoms with E-state index in [9.17, 15) is 14.0 Å². The molecular formula is C15H19FN2O3. The molecule has 5 nitrogen and oxygen atoms in total. The van der Waals surface area contributed by atoms with Crippen LogP contribution in [0.4, 0.5) is 10.1 Å². The van der Waals surface area contributed by atoms with E-state index in [4.69, 9.17) is 4.74 Å². The topological polar surface area (TPSA) is 58.6 Å². The molecule has 2 amide bonds. The number of nitrogens with one attached hydrogen (secondary N) is 1. The SMILES string of the molecule is CC(=O)N(CC(=O)Nc1ccc(F)cc1)CC1CCCO1. The third-order valence-electron chi connectivity index (χ3n) is 3.36. The van der Waals surface area contributed by atoms with E-state index in [1.54, 1.807) is 0 Å². The first-order valence-electron chi connectivity index (χ1n) is 6.97. The van der Waals surface area contributed by atoms with Crippen LogP contribution in [0.15, 0.2) is 24.3 Å².